The molecule has 4 nitrogen and oxygen atoms in total. The van der Waals surface area contributed by atoms with Crippen LogP contribution in [-0.4, -0.2) is 20.2 Å². The Balaban J connectivity index is 1.87. The molecule has 1 aliphatic carbocycles. The molecule has 1 saturated carbocycles. The molecular formula is C20H16N2O2S2. The van der Waals surface area contributed by atoms with E-state index < -0.39 is 10.7 Å². The largest absolute Gasteiger partial charge is 0.480 e. The molecule has 1 N–H and O–H groups in total. The van der Waals surface area contributed by atoms with E-state index >= 15 is 0 Å². The predicted octanol–water partition coefficient (Wildman–Crippen LogP) is 6.00. The van der Waals surface area contributed by atoms with Crippen molar-refractivity contribution in [1.29, 1.82) is 0 Å². The molecule has 26 heavy (non-hydrogen) atoms. The predicted molar refractivity (Wildman–Crippen MR) is 106 cm³/mol. The van der Waals surface area contributed by atoms with Gasteiger partial charge in [0.25, 0.3) is 0 Å². The van der Waals surface area contributed by atoms with Gasteiger partial charge in [-0.05, 0) is 36.0 Å². The van der Waals surface area contributed by atoms with Crippen molar-refractivity contribution < 1.29 is 9.90 Å². The molecule has 1 fully saturated rings. The van der Waals surface area contributed by atoms with Crippen molar-refractivity contribution >= 4 is 45.0 Å². The first-order valence-corrected chi connectivity index (χ1v) is 10.00. The van der Waals surface area contributed by atoms with Gasteiger partial charge in [0.05, 0.1) is 11.3 Å². The lowest BCUT2D eigenvalue weighted by Crippen LogP contribution is -2.31. The van der Waals surface area contributed by atoms with Crippen LogP contribution in [0.4, 0.5) is 5.69 Å². The lowest BCUT2D eigenvalue weighted by molar-refractivity contribution is -0.139. The number of aliphatic carboxylic acids is 1. The molecule has 0 radical (unpaired) electrons. The van der Waals surface area contributed by atoms with Crippen LogP contribution in [0.5, 0.6) is 0 Å². The molecule has 130 valence electrons. The van der Waals surface area contributed by atoms with Crippen molar-refractivity contribution in [2.75, 3.05) is 0 Å². The average molecular weight is 380 g/mol. The van der Waals surface area contributed by atoms with Gasteiger partial charge in [-0.15, -0.1) is 11.8 Å². The summed E-state index contributed by atoms with van der Waals surface area (Å²) in [6, 6.07) is 11.5. The van der Waals surface area contributed by atoms with Gasteiger partial charge in [-0.25, -0.2) is 4.85 Å². The van der Waals surface area contributed by atoms with Gasteiger partial charge in [0.2, 0.25) is 0 Å². The van der Waals surface area contributed by atoms with E-state index in [4.69, 9.17) is 6.57 Å². The summed E-state index contributed by atoms with van der Waals surface area (Å²) in [5, 5.41) is 10.9. The monoisotopic (exact) mass is 380 g/mol. The summed E-state index contributed by atoms with van der Waals surface area (Å²) in [6.07, 6.45) is 5.15. The number of benzene rings is 2. The van der Waals surface area contributed by atoms with Crippen molar-refractivity contribution in [3.8, 4) is 11.1 Å². The van der Waals surface area contributed by atoms with Crippen LogP contribution in [0.25, 0.3) is 26.1 Å². The van der Waals surface area contributed by atoms with Gasteiger partial charge in [0, 0.05) is 22.0 Å². The molecule has 0 spiro atoms. The Kier molecular flexibility index (Phi) is 4.43. The topological polar surface area (TPSA) is 54.5 Å². The Labute approximate surface area is 159 Å². The number of carbonyl (C=O) groups is 1. The van der Waals surface area contributed by atoms with E-state index in [-0.39, 0.29) is 0 Å². The van der Waals surface area contributed by atoms with Gasteiger partial charge in [0.15, 0.2) is 5.69 Å². The summed E-state index contributed by atoms with van der Waals surface area (Å²) < 4.78 is 4.63. The van der Waals surface area contributed by atoms with E-state index in [0.717, 1.165) is 39.0 Å². The normalized spacial score (nSPS) is 15.8. The second-order valence-electron chi connectivity index (χ2n) is 6.45. The molecule has 0 saturated heterocycles. The quantitative estimate of drug-likeness (QED) is 0.564. The van der Waals surface area contributed by atoms with Crippen LogP contribution in [0.2, 0.25) is 0 Å². The molecule has 0 aliphatic heterocycles. The van der Waals surface area contributed by atoms with Gasteiger partial charge >= 0.3 is 5.97 Å². The average Bonchev–Trinajstić information content (AvgIpc) is 3.32. The number of carboxylic acid groups (broad SMARTS) is 1. The molecule has 3 aromatic rings. The number of carboxylic acids is 1. The van der Waals surface area contributed by atoms with Crippen molar-refractivity contribution in [2.24, 2.45) is 0 Å². The highest BCUT2D eigenvalue weighted by atomic mass is 32.2. The lowest BCUT2D eigenvalue weighted by Gasteiger charge is -2.24. The molecule has 6 heteroatoms. The SMILES string of the molecule is [C-]#[N+]c1ccc(-c2c(SC3(C(=O)O)CCCC3)ccc3cnsc23)cc1. The third-order valence-electron chi connectivity index (χ3n) is 4.88. The van der Waals surface area contributed by atoms with E-state index in [2.05, 4.69) is 9.22 Å². The summed E-state index contributed by atoms with van der Waals surface area (Å²) in [4.78, 5) is 16.4. The van der Waals surface area contributed by atoms with Gasteiger partial charge < -0.3 is 5.11 Å². The van der Waals surface area contributed by atoms with Crippen molar-refractivity contribution in [2.45, 2.75) is 35.3 Å². The Morgan fingerprint density at radius 3 is 2.58 bits per heavy atom. The number of fused-ring (bicyclic) bond motifs is 1. The third kappa shape index (κ3) is 2.87. The molecule has 0 atom stereocenters. The molecular weight excluding hydrogens is 364 g/mol. The Morgan fingerprint density at radius 2 is 1.92 bits per heavy atom. The number of rotatable bonds is 4. The van der Waals surface area contributed by atoms with E-state index in [0.29, 0.717) is 18.5 Å². The Hall–Kier alpha value is -2.36. The number of hydrogen-bond donors (Lipinski definition) is 1. The van der Waals surface area contributed by atoms with Crippen molar-refractivity contribution in [3.63, 3.8) is 0 Å². The fourth-order valence-electron chi connectivity index (χ4n) is 3.49. The maximum absolute atomic E-state index is 12.0. The summed E-state index contributed by atoms with van der Waals surface area (Å²) in [7, 11) is 0. The minimum Gasteiger partial charge on any atom is -0.480 e. The van der Waals surface area contributed by atoms with Gasteiger partial charge in [-0.2, -0.15) is 4.37 Å². The molecule has 1 aliphatic rings. The smallest absolute Gasteiger partial charge is 0.320 e. The van der Waals surface area contributed by atoms with Crippen LogP contribution in [0.3, 0.4) is 0 Å². The van der Waals surface area contributed by atoms with Crippen LogP contribution < -0.4 is 0 Å². The number of thioether (sulfide) groups is 1. The molecule has 0 bridgehead atoms. The highest BCUT2D eigenvalue weighted by molar-refractivity contribution is 8.01. The van der Waals surface area contributed by atoms with E-state index in [9.17, 15) is 9.90 Å². The van der Waals surface area contributed by atoms with Gasteiger partial charge in [-0.1, -0.05) is 43.2 Å². The number of hydrogen-bond acceptors (Lipinski definition) is 4. The second-order valence-corrected chi connectivity index (χ2v) is 8.68. The zero-order valence-electron chi connectivity index (χ0n) is 13.9. The highest BCUT2D eigenvalue weighted by Gasteiger charge is 2.43. The number of nitrogens with zero attached hydrogens (tertiary/aromatic N) is 2. The Morgan fingerprint density at radius 1 is 1.19 bits per heavy atom. The van der Waals surface area contributed by atoms with Crippen LogP contribution in [-0.2, 0) is 4.79 Å². The molecule has 2 aromatic carbocycles. The van der Waals surface area contributed by atoms with Crippen molar-refractivity contribution in [3.05, 3.63) is 54.0 Å². The molecule has 4 rings (SSSR count). The summed E-state index contributed by atoms with van der Waals surface area (Å²) in [6.45, 7) is 7.14. The second kappa shape index (κ2) is 6.75. The minimum absolute atomic E-state index is 0.595. The lowest BCUT2D eigenvalue weighted by atomic mass is 10.0. The van der Waals surface area contributed by atoms with E-state index in [1.54, 1.807) is 12.1 Å². The minimum atomic E-state index is -0.746. The molecule has 0 amide bonds. The first-order chi connectivity index (χ1) is 12.6. The van der Waals surface area contributed by atoms with Crippen LogP contribution in [0.1, 0.15) is 25.7 Å². The van der Waals surface area contributed by atoms with Crippen LogP contribution in [0, 0.1) is 6.57 Å². The van der Waals surface area contributed by atoms with Gasteiger partial charge in [-0.3, -0.25) is 4.79 Å². The fourth-order valence-corrected chi connectivity index (χ4v) is 5.83. The maximum Gasteiger partial charge on any atom is 0.320 e. The fraction of sp³-hybridized carbons (Fsp3) is 0.250. The molecule has 1 aromatic heterocycles. The zero-order chi connectivity index (χ0) is 18.1. The number of aromatic nitrogens is 1. The summed E-state index contributed by atoms with van der Waals surface area (Å²) in [5.74, 6) is -0.723. The molecule has 1 heterocycles. The standard InChI is InChI=1S/C20H16N2O2S2/c1-21-15-7-4-13(5-8-15)17-16(9-6-14-12-22-26-18(14)17)25-20(19(23)24)10-2-3-11-20/h4-9,12H,2-3,10-11H2,(H,23,24). The van der Waals surface area contributed by atoms with Crippen LogP contribution >= 0.6 is 23.3 Å². The summed E-state index contributed by atoms with van der Waals surface area (Å²) in [5.41, 5.74) is 2.62. The van der Waals surface area contributed by atoms with Crippen molar-refractivity contribution in [1.82, 2.24) is 4.37 Å². The zero-order valence-corrected chi connectivity index (χ0v) is 15.6. The van der Waals surface area contributed by atoms with Gasteiger partial charge in [0.1, 0.15) is 4.75 Å². The molecule has 0 unspecified atom stereocenters. The highest BCUT2D eigenvalue weighted by Crippen LogP contribution is 2.50. The first kappa shape index (κ1) is 17.1. The van der Waals surface area contributed by atoms with E-state index in [1.165, 1.54) is 23.3 Å². The maximum atomic E-state index is 12.0. The Bertz CT molecular complexity index is 1010. The first-order valence-electron chi connectivity index (χ1n) is 8.41. The third-order valence-corrected chi connectivity index (χ3v) is 7.24. The van der Waals surface area contributed by atoms with E-state index in [1.807, 2.05) is 30.5 Å². The van der Waals surface area contributed by atoms with Crippen LogP contribution in [0.15, 0.2) is 47.5 Å². The summed E-state index contributed by atoms with van der Waals surface area (Å²) >= 11 is 2.90.